The molecule has 3 rings (SSSR count). The number of benzene rings is 1. The predicted molar refractivity (Wildman–Crippen MR) is 94.0 cm³/mol. The Labute approximate surface area is 148 Å². The van der Waals surface area contributed by atoms with Gasteiger partial charge in [0.25, 0.3) is 5.91 Å². The van der Waals surface area contributed by atoms with E-state index in [2.05, 4.69) is 10.2 Å². The van der Waals surface area contributed by atoms with Crippen molar-refractivity contribution in [3.63, 3.8) is 0 Å². The Bertz CT molecular complexity index is 599. The number of nitrogens with two attached hydrogens (primary N) is 1. The molecule has 1 aromatic carbocycles. The molecule has 0 saturated carbocycles. The smallest absolute Gasteiger partial charge is 0.251 e. The van der Waals surface area contributed by atoms with Crippen LogP contribution in [0.3, 0.4) is 0 Å². The van der Waals surface area contributed by atoms with E-state index in [1.165, 1.54) is 0 Å². The van der Waals surface area contributed by atoms with Crippen LogP contribution in [0.15, 0.2) is 24.3 Å². The van der Waals surface area contributed by atoms with Crippen molar-refractivity contribution < 1.29 is 14.3 Å². The zero-order chi connectivity index (χ0) is 17.6. The van der Waals surface area contributed by atoms with Crippen molar-refractivity contribution in [1.29, 1.82) is 0 Å². The van der Waals surface area contributed by atoms with Crippen LogP contribution in [-0.2, 0) is 16.1 Å². The van der Waals surface area contributed by atoms with Gasteiger partial charge in [0.1, 0.15) is 0 Å². The number of nitrogens with zero attached hydrogens (tertiary/aromatic N) is 2. The van der Waals surface area contributed by atoms with Crippen molar-refractivity contribution in [3.05, 3.63) is 35.4 Å². The third kappa shape index (κ3) is 4.78. The van der Waals surface area contributed by atoms with E-state index in [9.17, 15) is 9.59 Å². The Hall–Kier alpha value is -1.96. The molecule has 136 valence electrons. The molecule has 2 aliphatic heterocycles. The van der Waals surface area contributed by atoms with Gasteiger partial charge in [-0.2, -0.15) is 0 Å². The summed E-state index contributed by atoms with van der Waals surface area (Å²) in [5.41, 5.74) is 7.15. The molecule has 2 amide bonds. The monoisotopic (exact) mass is 346 g/mol. The molecule has 1 aromatic rings. The lowest BCUT2D eigenvalue weighted by Gasteiger charge is -2.28. The number of carbonyl (C=O) groups excluding carboxylic acids is 2. The molecule has 3 N–H and O–H groups in total. The highest BCUT2D eigenvalue weighted by atomic mass is 16.5. The number of nitrogens with one attached hydrogen (secondary N) is 1. The molecule has 25 heavy (non-hydrogen) atoms. The van der Waals surface area contributed by atoms with Gasteiger partial charge >= 0.3 is 0 Å². The minimum atomic E-state index is -0.142. The zero-order valence-corrected chi connectivity index (χ0v) is 14.4. The number of ether oxygens (including phenoxy) is 1. The highest BCUT2D eigenvalue weighted by Gasteiger charge is 2.30. The molecule has 0 aliphatic carbocycles. The SMILES string of the molecule is NCc1ccc(C(=O)NC2CC(=O)N(CCN3CCOCC3)C2)cc1. The van der Waals surface area contributed by atoms with Gasteiger partial charge in [0.05, 0.1) is 19.3 Å². The van der Waals surface area contributed by atoms with Crippen LogP contribution >= 0.6 is 0 Å². The maximum Gasteiger partial charge on any atom is 0.251 e. The molecule has 7 heteroatoms. The van der Waals surface area contributed by atoms with E-state index in [0.29, 0.717) is 31.6 Å². The van der Waals surface area contributed by atoms with Gasteiger partial charge in [0.15, 0.2) is 0 Å². The van der Waals surface area contributed by atoms with Crippen molar-refractivity contribution in [1.82, 2.24) is 15.1 Å². The molecule has 1 unspecified atom stereocenters. The summed E-state index contributed by atoms with van der Waals surface area (Å²) in [6.07, 6.45) is 0.371. The third-order valence-corrected chi connectivity index (χ3v) is 4.79. The van der Waals surface area contributed by atoms with Crippen molar-refractivity contribution in [2.24, 2.45) is 5.73 Å². The van der Waals surface area contributed by atoms with Crippen LogP contribution in [0.25, 0.3) is 0 Å². The summed E-state index contributed by atoms with van der Waals surface area (Å²) in [5.74, 6) is -0.0339. The highest BCUT2D eigenvalue weighted by molar-refractivity contribution is 5.95. The number of likely N-dealkylation sites (tertiary alicyclic amines) is 1. The van der Waals surface area contributed by atoms with Gasteiger partial charge in [-0.1, -0.05) is 12.1 Å². The quantitative estimate of drug-likeness (QED) is 0.745. The molecule has 2 heterocycles. The first kappa shape index (κ1) is 17.8. The van der Waals surface area contributed by atoms with Crippen LogP contribution in [0.5, 0.6) is 0 Å². The van der Waals surface area contributed by atoms with Crippen molar-refractivity contribution in [2.45, 2.75) is 19.0 Å². The molecule has 7 nitrogen and oxygen atoms in total. The molecular weight excluding hydrogens is 320 g/mol. The lowest BCUT2D eigenvalue weighted by molar-refractivity contribution is -0.128. The van der Waals surface area contributed by atoms with Gasteiger partial charge in [0, 0.05) is 51.3 Å². The van der Waals surface area contributed by atoms with Gasteiger partial charge in [-0.05, 0) is 17.7 Å². The number of carbonyl (C=O) groups is 2. The van der Waals surface area contributed by atoms with E-state index in [-0.39, 0.29) is 17.9 Å². The van der Waals surface area contributed by atoms with Crippen molar-refractivity contribution >= 4 is 11.8 Å². The van der Waals surface area contributed by atoms with Crippen LogP contribution in [0, 0.1) is 0 Å². The number of hydrogen-bond acceptors (Lipinski definition) is 5. The number of rotatable bonds is 6. The predicted octanol–water partition coefficient (Wildman–Crippen LogP) is -0.192. The lowest BCUT2D eigenvalue weighted by Crippen LogP contribution is -2.42. The van der Waals surface area contributed by atoms with E-state index in [4.69, 9.17) is 10.5 Å². The highest BCUT2D eigenvalue weighted by Crippen LogP contribution is 2.13. The third-order valence-electron chi connectivity index (χ3n) is 4.79. The summed E-state index contributed by atoms with van der Waals surface area (Å²) in [6, 6.07) is 7.11. The second-order valence-electron chi connectivity index (χ2n) is 6.57. The first-order valence-corrected chi connectivity index (χ1v) is 8.83. The minimum Gasteiger partial charge on any atom is -0.379 e. The Morgan fingerprint density at radius 3 is 2.60 bits per heavy atom. The fourth-order valence-electron chi connectivity index (χ4n) is 3.23. The largest absolute Gasteiger partial charge is 0.379 e. The lowest BCUT2D eigenvalue weighted by atomic mass is 10.1. The van der Waals surface area contributed by atoms with E-state index in [0.717, 1.165) is 38.4 Å². The van der Waals surface area contributed by atoms with Crippen molar-refractivity contribution in [3.8, 4) is 0 Å². The normalized spacial score (nSPS) is 21.6. The van der Waals surface area contributed by atoms with Crippen LogP contribution in [0.1, 0.15) is 22.3 Å². The number of amides is 2. The maximum absolute atomic E-state index is 12.3. The van der Waals surface area contributed by atoms with E-state index in [1.54, 1.807) is 12.1 Å². The molecule has 2 fully saturated rings. The van der Waals surface area contributed by atoms with Gasteiger partial charge < -0.3 is 20.7 Å². The Morgan fingerprint density at radius 2 is 1.92 bits per heavy atom. The van der Waals surface area contributed by atoms with E-state index >= 15 is 0 Å². The van der Waals surface area contributed by atoms with Gasteiger partial charge in [-0.3, -0.25) is 14.5 Å². The Balaban J connectivity index is 1.47. The van der Waals surface area contributed by atoms with Crippen LogP contribution in [0.4, 0.5) is 0 Å². The van der Waals surface area contributed by atoms with E-state index in [1.807, 2.05) is 17.0 Å². The van der Waals surface area contributed by atoms with Gasteiger partial charge in [0.2, 0.25) is 5.91 Å². The Morgan fingerprint density at radius 1 is 1.20 bits per heavy atom. The first-order chi connectivity index (χ1) is 12.2. The molecular formula is C18H26N4O3. The molecule has 0 bridgehead atoms. The molecule has 2 aliphatic rings. The minimum absolute atomic E-state index is 0.108. The van der Waals surface area contributed by atoms with Crippen LogP contribution < -0.4 is 11.1 Å². The van der Waals surface area contributed by atoms with Gasteiger partial charge in [-0.15, -0.1) is 0 Å². The summed E-state index contributed by atoms with van der Waals surface area (Å²) in [7, 11) is 0. The van der Waals surface area contributed by atoms with E-state index < -0.39 is 0 Å². The molecule has 0 aromatic heterocycles. The van der Waals surface area contributed by atoms with Crippen molar-refractivity contribution in [2.75, 3.05) is 45.9 Å². The molecule has 0 radical (unpaired) electrons. The second kappa shape index (κ2) is 8.42. The number of morpholine rings is 1. The Kier molecular flexibility index (Phi) is 6.01. The fraction of sp³-hybridized carbons (Fsp3) is 0.556. The number of hydrogen-bond donors (Lipinski definition) is 2. The molecule has 1 atom stereocenters. The molecule has 2 saturated heterocycles. The average Bonchev–Trinajstić information content (AvgIpc) is 3.00. The summed E-state index contributed by atoms with van der Waals surface area (Å²) in [4.78, 5) is 28.7. The second-order valence-corrected chi connectivity index (χ2v) is 6.57. The first-order valence-electron chi connectivity index (χ1n) is 8.83. The van der Waals surface area contributed by atoms with Crippen LogP contribution in [0.2, 0.25) is 0 Å². The summed E-state index contributed by atoms with van der Waals surface area (Å²) >= 11 is 0. The molecule has 0 spiro atoms. The fourth-order valence-corrected chi connectivity index (χ4v) is 3.23. The summed E-state index contributed by atoms with van der Waals surface area (Å²) in [5, 5.41) is 2.96. The van der Waals surface area contributed by atoms with Gasteiger partial charge in [-0.25, -0.2) is 0 Å². The zero-order valence-electron chi connectivity index (χ0n) is 14.4. The maximum atomic E-state index is 12.3. The summed E-state index contributed by atoms with van der Waals surface area (Å²) < 4.78 is 5.33. The summed E-state index contributed by atoms with van der Waals surface area (Å²) in [6.45, 7) is 5.95. The van der Waals surface area contributed by atoms with Crippen LogP contribution in [-0.4, -0.2) is 73.6 Å². The topological polar surface area (TPSA) is 87.9 Å². The standard InChI is InChI=1S/C18H26N4O3/c19-12-14-1-3-15(4-2-14)18(24)20-16-11-17(23)22(13-16)6-5-21-7-9-25-10-8-21/h1-4,16H,5-13,19H2,(H,20,24). The average molecular weight is 346 g/mol.